The topological polar surface area (TPSA) is 36.1 Å². The summed E-state index contributed by atoms with van der Waals surface area (Å²) in [5.41, 5.74) is 2.30. The van der Waals surface area contributed by atoms with Crippen molar-refractivity contribution in [3.8, 4) is 0 Å². The van der Waals surface area contributed by atoms with E-state index in [0.29, 0.717) is 12.3 Å². The van der Waals surface area contributed by atoms with Gasteiger partial charge in [-0.2, -0.15) is 0 Å². The molecule has 0 atom stereocenters. The number of aromatic nitrogens is 1. The minimum absolute atomic E-state index is 0.348. The average Bonchev–Trinajstić information content (AvgIpc) is 2.75. The number of nitrogens with one attached hydrogen (secondary N) is 1. The van der Waals surface area contributed by atoms with Gasteiger partial charge in [0.25, 0.3) is 0 Å². The molecule has 2 heterocycles. The third kappa shape index (κ3) is 1.58. The third-order valence-corrected chi connectivity index (χ3v) is 3.15. The molecule has 1 aromatic carbocycles. The number of fused-ring (bicyclic) bond motifs is 1. The van der Waals surface area contributed by atoms with E-state index in [1.54, 1.807) is 0 Å². The zero-order valence-electron chi connectivity index (χ0n) is 9.07. The summed E-state index contributed by atoms with van der Waals surface area (Å²) in [6, 6.07) is 8.36. The zero-order valence-corrected chi connectivity index (χ0v) is 9.07. The summed E-state index contributed by atoms with van der Waals surface area (Å²) in [5, 5.41) is 1.20. The fourth-order valence-corrected chi connectivity index (χ4v) is 2.30. The summed E-state index contributed by atoms with van der Waals surface area (Å²) >= 11 is 0. The first-order chi connectivity index (χ1) is 7.83. The highest BCUT2D eigenvalue weighted by Gasteiger charge is 2.17. The van der Waals surface area contributed by atoms with Crippen molar-refractivity contribution in [1.29, 1.82) is 0 Å². The van der Waals surface area contributed by atoms with Crippen LogP contribution in [0.5, 0.6) is 0 Å². The number of ketones is 1. The van der Waals surface area contributed by atoms with Crippen molar-refractivity contribution in [1.82, 2.24) is 4.98 Å². The molecule has 1 aliphatic rings. The normalized spacial score (nSPS) is 17.0. The molecule has 1 N–H and O–H groups in total. The van der Waals surface area contributed by atoms with E-state index in [9.17, 15) is 4.79 Å². The highest BCUT2D eigenvalue weighted by atomic mass is 16.1. The van der Waals surface area contributed by atoms with Gasteiger partial charge in [-0.25, -0.2) is 0 Å². The van der Waals surface area contributed by atoms with Crippen molar-refractivity contribution in [2.45, 2.75) is 12.8 Å². The molecule has 0 bridgehead atoms. The molecule has 3 heteroatoms. The van der Waals surface area contributed by atoms with E-state index in [1.807, 2.05) is 6.20 Å². The SMILES string of the molecule is O=C1CCCN(c2ccc3[nH]ccc3c2)C1. The molecular formula is C13H14N2O. The maximum Gasteiger partial charge on any atom is 0.152 e. The molecule has 1 saturated heterocycles. The monoisotopic (exact) mass is 214 g/mol. The van der Waals surface area contributed by atoms with Crippen molar-refractivity contribution in [3.63, 3.8) is 0 Å². The number of aromatic amines is 1. The van der Waals surface area contributed by atoms with Gasteiger partial charge in [0.2, 0.25) is 0 Å². The molecule has 82 valence electrons. The first kappa shape index (κ1) is 9.46. The Morgan fingerprint density at radius 1 is 1.25 bits per heavy atom. The van der Waals surface area contributed by atoms with E-state index in [4.69, 9.17) is 0 Å². The Bertz CT molecular complexity index is 529. The number of piperidine rings is 1. The molecule has 0 amide bonds. The van der Waals surface area contributed by atoms with Gasteiger partial charge in [0.15, 0.2) is 5.78 Å². The predicted molar refractivity (Wildman–Crippen MR) is 64.8 cm³/mol. The molecular weight excluding hydrogens is 200 g/mol. The molecule has 1 aliphatic heterocycles. The van der Waals surface area contributed by atoms with Crippen LogP contribution in [0.2, 0.25) is 0 Å². The molecule has 0 radical (unpaired) electrons. The minimum atomic E-state index is 0.348. The predicted octanol–water partition coefficient (Wildman–Crippen LogP) is 2.34. The lowest BCUT2D eigenvalue weighted by atomic mass is 10.1. The quantitative estimate of drug-likeness (QED) is 0.791. The van der Waals surface area contributed by atoms with Gasteiger partial charge in [-0.15, -0.1) is 0 Å². The fraction of sp³-hybridized carbons (Fsp3) is 0.308. The largest absolute Gasteiger partial charge is 0.364 e. The Morgan fingerprint density at radius 2 is 2.19 bits per heavy atom. The number of hydrogen-bond donors (Lipinski definition) is 1. The van der Waals surface area contributed by atoms with Crippen LogP contribution in [0.4, 0.5) is 5.69 Å². The fourth-order valence-electron chi connectivity index (χ4n) is 2.30. The highest BCUT2D eigenvalue weighted by molar-refractivity contribution is 5.87. The Hall–Kier alpha value is -1.77. The van der Waals surface area contributed by atoms with Crippen molar-refractivity contribution in [2.75, 3.05) is 18.0 Å². The van der Waals surface area contributed by atoms with E-state index < -0.39 is 0 Å². The van der Waals surface area contributed by atoms with Crippen LogP contribution in [0.3, 0.4) is 0 Å². The van der Waals surface area contributed by atoms with Gasteiger partial charge >= 0.3 is 0 Å². The van der Waals surface area contributed by atoms with Gasteiger partial charge in [-0.3, -0.25) is 4.79 Å². The van der Waals surface area contributed by atoms with Crippen LogP contribution < -0.4 is 4.90 Å². The summed E-state index contributed by atoms with van der Waals surface area (Å²) in [7, 11) is 0. The van der Waals surface area contributed by atoms with Crippen LogP contribution in [0, 0.1) is 0 Å². The summed E-state index contributed by atoms with van der Waals surface area (Å²) in [6.45, 7) is 1.55. The molecule has 0 unspecified atom stereocenters. The van der Waals surface area contributed by atoms with Crippen LogP contribution in [-0.2, 0) is 4.79 Å². The van der Waals surface area contributed by atoms with Crippen LogP contribution >= 0.6 is 0 Å². The number of rotatable bonds is 1. The third-order valence-electron chi connectivity index (χ3n) is 3.15. The molecule has 3 nitrogen and oxygen atoms in total. The summed E-state index contributed by atoms with van der Waals surface area (Å²) in [6.07, 6.45) is 3.66. The molecule has 1 aromatic heterocycles. The lowest BCUT2D eigenvalue weighted by molar-refractivity contribution is -0.118. The highest BCUT2D eigenvalue weighted by Crippen LogP contribution is 2.23. The summed E-state index contributed by atoms with van der Waals surface area (Å²) in [4.78, 5) is 16.8. The van der Waals surface area contributed by atoms with Gasteiger partial charge < -0.3 is 9.88 Å². The first-order valence-electron chi connectivity index (χ1n) is 5.67. The van der Waals surface area contributed by atoms with Crippen molar-refractivity contribution in [2.24, 2.45) is 0 Å². The number of nitrogens with zero attached hydrogens (tertiary/aromatic N) is 1. The smallest absolute Gasteiger partial charge is 0.152 e. The summed E-state index contributed by atoms with van der Waals surface area (Å²) < 4.78 is 0. The lowest BCUT2D eigenvalue weighted by Crippen LogP contribution is -2.35. The Labute approximate surface area is 94.1 Å². The number of carbonyl (C=O) groups is 1. The molecule has 0 spiro atoms. The van der Waals surface area contributed by atoms with Crippen molar-refractivity contribution in [3.05, 3.63) is 30.5 Å². The van der Waals surface area contributed by atoms with Gasteiger partial charge in [-0.05, 0) is 30.7 Å². The van der Waals surface area contributed by atoms with Crippen LogP contribution in [0.25, 0.3) is 10.9 Å². The number of benzene rings is 1. The van der Waals surface area contributed by atoms with E-state index in [0.717, 1.165) is 30.6 Å². The molecule has 2 aromatic rings. The lowest BCUT2D eigenvalue weighted by Gasteiger charge is -2.27. The van der Waals surface area contributed by atoms with Gasteiger partial charge in [-0.1, -0.05) is 0 Å². The second-order valence-electron chi connectivity index (χ2n) is 4.31. The second-order valence-corrected chi connectivity index (χ2v) is 4.31. The number of anilines is 1. The summed E-state index contributed by atoms with van der Waals surface area (Å²) in [5.74, 6) is 0.348. The van der Waals surface area contributed by atoms with Crippen LogP contribution in [-0.4, -0.2) is 23.9 Å². The Kier molecular flexibility index (Phi) is 2.17. The van der Waals surface area contributed by atoms with Gasteiger partial charge in [0.05, 0.1) is 6.54 Å². The maximum absolute atomic E-state index is 11.4. The van der Waals surface area contributed by atoms with Crippen molar-refractivity contribution >= 4 is 22.4 Å². The number of Topliss-reactive ketones (excluding diaryl/α,β-unsaturated/α-hetero) is 1. The van der Waals surface area contributed by atoms with Crippen LogP contribution in [0.15, 0.2) is 30.5 Å². The number of hydrogen-bond acceptors (Lipinski definition) is 2. The maximum atomic E-state index is 11.4. The molecule has 0 aliphatic carbocycles. The second kappa shape index (κ2) is 3.67. The minimum Gasteiger partial charge on any atom is -0.364 e. The molecule has 3 rings (SSSR count). The van der Waals surface area contributed by atoms with Gasteiger partial charge in [0, 0.05) is 35.8 Å². The van der Waals surface area contributed by atoms with Gasteiger partial charge in [0.1, 0.15) is 0 Å². The van der Waals surface area contributed by atoms with E-state index in [-0.39, 0.29) is 0 Å². The number of H-pyrrole nitrogens is 1. The first-order valence-corrected chi connectivity index (χ1v) is 5.67. The average molecular weight is 214 g/mol. The van der Waals surface area contributed by atoms with E-state index in [1.165, 1.54) is 5.39 Å². The molecule has 16 heavy (non-hydrogen) atoms. The van der Waals surface area contributed by atoms with Crippen LogP contribution in [0.1, 0.15) is 12.8 Å². The number of carbonyl (C=O) groups excluding carboxylic acids is 1. The Morgan fingerprint density at radius 3 is 3.06 bits per heavy atom. The van der Waals surface area contributed by atoms with E-state index >= 15 is 0 Å². The standard InChI is InChI=1S/C13H14N2O/c16-12-2-1-7-15(9-12)11-3-4-13-10(8-11)5-6-14-13/h3-6,8,14H,1-2,7,9H2. The molecule has 0 saturated carbocycles. The zero-order chi connectivity index (χ0) is 11.0. The van der Waals surface area contributed by atoms with Crippen molar-refractivity contribution < 1.29 is 4.79 Å². The molecule has 1 fully saturated rings. The van der Waals surface area contributed by atoms with E-state index in [2.05, 4.69) is 34.1 Å². The Balaban J connectivity index is 1.95.